The van der Waals surface area contributed by atoms with Crippen LogP contribution >= 0.6 is 0 Å². The Morgan fingerprint density at radius 3 is 2.53 bits per heavy atom. The number of alkyl halides is 3. The molecular formula is C13H23F3N2O. The van der Waals surface area contributed by atoms with Gasteiger partial charge in [-0.25, -0.2) is 0 Å². The molecule has 0 spiro atoms. The number of hydrogen-bond acceptors (Lipinski definition) is 2. The standard InChI is InChI=1S/C13H23F3N2O/c1-3-9(2)18-12(19)8-17-11-7-5-4-6-10(11)13(14,15)16/h9-11,17H,3-8H2,1-2H3,(H,18,19). The molecule has 0 radical (unpaired) electrons. The number of carbonyl (C=O) groups is 1. The zero-order valence-electron chi connectivity index (χ0n) is 11.5. The van der Waals surface area contributed by atoms with Gasteiger partial charge in [-0.1, -0.05) is 19.8 Å². The minimum absolute atomic E-state index is 0.0401. The van der Waals surface area contributed by atoms with E-state index < -0.39 is 18.1 Å². The maximum absolute atomic E-state index is 12.8. The van der Waals surface area contributed by atoms with Gasteiger partial charge >= 0.3 is 6.18 Å². The molecule has 19 heavy (non-hydrogen) atoms. The average Bonchev–Trinajstić information content (AvgIpc) is 2.35. The van der Waals surface area contributed by atoms with Gasteiger partial charge in [-0.3, -0.25) is 4.79 Å². The number of carbonyl (C=O) groups excluding carboxylic acids is 1. The lowest BCUT2D eigenvalue weighted by molar-refractivity contribution is -0.189. The van der Waals surface area contributed by atoms with Crippen molar-refractivity contribution in [2.24, 2.45) is 5.92 Å². The summed E-state index contributed by atoms with van der Waals surface area (Å²) in [4.78, 5) is 11.6. The van der Waals surface area contributed by atoms with Gasteiger partial charge in [0.2, 0.25) is 5.91 Å². The predicted octanol–water partition coefficient (Wildman–Crippen LogP) is 2.61. The fraction of sp³-hybridized carbons (Fsp3) is 0.923. The second-order valence-corrected chi connectivity index (χ2v) is 5.30. The normalized spacial score (nSPS) is 25.9. The lowest BCUT2D eigenvalue weighted by atomic mass is 9.84. The van der Waals surface area contributed by atoms with Gasteiger partial charge in [-0.15, -0.1) is 0 Å². The van der Waals surface area contributed by atoms with Crippen molar-refractivity contribution in [1.29, 1.82) is 0 Å². The van der Waals surface area contributed by atoms with E-state index in [1.54, 1.807) is 0 Å². The molecule has 112 valence electrons. The van der Waals surface area contributed by atoms with E-state index in [-0.39, 0.29) is 24.9 Å². The Labute approximate surface area is 112 Å². The third kappa shape index (κ3) is 5.38. The molecule has 3 atom stereocenters. The second kappa shape index (κ2) is 7.12. The van der Waals surface area contributed by atoms with Gasteiger partial charge < -0.3 is 10.6 Å². The molecule has 1 fully saturated rings. The zero-order valence-corrected chi connectivity index (χ0v) is 11.5. The molecule has 0 saturated heterocycles. The fourth-order valence-corrected chi connectivity index (χ4v) is 2.42. The van der Waals surface area contributed by atoms with Crippen molar-refractivity contribution >= 4 is 5.91 Å². The summed E-state index contributed by atoms with van der Waals surface area (Å²) >= 11 is 0. The van der Waals surface area contributed by atoms with Crippen molar-refractivity contribution in [1.82, 2.24) is 10.6 Å². The van der Waals surface area contributed by atoms with Crippen LogP contribution in [0.3, 0.4) is 0 Å². The van der Waals surface area contributed by atoms with E-state index in [9.17, 15) is 18.0 Å². The highest BCUT2D eigenvalue weighted by atomic mass is 19.4. The van der Waals surface area contributed by atoms with Crippen LogP contribution in [-0.4, -0.2) is 30.7 Å². The van der Waals surface area contributed by atoms with E-state index in [2.05, 4.69) is 10.6 Å². The Kier molecular flexibility index (Phi) is 6.10. The molecule has 3 unspecified atom stereocenters. The van der Waals surface area contributed by atoms with Crippen LogP contribution in [0, 0.1) is 5.92 Å². The van der Waals surface area contributed by atoms with Gasteiger partial charge in [0.15, 0.2) is 0 Å². The van der Waals surface area contributed by atoms with Gasteiger partial charge in [-0.2, -0.15) is 13.2 Å². The highest BCUT2D eigenvalue weighted by molar-refractivity contribution is 5.78. The zero-order chi connectivity index (χ0) is 14.5. The van der Waals surface area contributed by atoms with Crippen LogP contribution in [-0.2, 0) is 4.79 Å². The first kappa shape index (κ1) is 16.3. The van der Waals surface area contributed by atoms with E-state index in [0.717, 1.165) is 12.8 Å². The summed E-state index contributed by atoms with van der Waals surface area (Å²) < 4.78 is 38.5. The van der Waals surface area contributed by atoms with Crippen LogP contribution in [0.25, 0.3) is 0 Å². The Morgan fingerprint density at radius 1 is 1.32 bits per heavy atom. The number of amides is 1. The molecule has 6 heteroatoms. The summed E-state index contributed by atoms with van der Waals surface area (Å²) in [6.07, 6.45) is -1.32. The van der Waals surface area contributed by atoms with Crippen LogP contribution in [0.1, 0.15) is 46.0 Å². The van der Waals surface area contributed by atoms with Gasteiger partial charge in [0.25, 0.3) is 0 Å². The topological polar surface area (TPSA) is 41.1 Å². The first-order chi connectivity index (χ1) is 8.84. The third-order valence-electron chi connectivity index (χ3n) is 3.73. The van der Waals surface area contributed by atoms with Crippen molar-refractivity contribution in [3.63, 3.8) is 0 Å². The molecule has 1 saturated carbocycles. The van der Waals surface area contributed by atoms with Gasteiger partial charge in [0.05, 0.1) is 12.5 Å². The molecule has 2 N–H and O–H groups in total. The first-order valence-corrected chi connectivity index (χ1v) is 6.94. The smallest absolute Gasteiger partial charge is 0.353 e. The molecule has 0 aromatic carbocycles. The Balaban J connectivity index is 2.43. The molecule has 0 aromatic heterocycles. The monoisotopic (exact) mass is 280 g/mol. The second-order valence-electron chi connectivity index (χ2n) is 5.30. The summed E-state index contributed by atoms with van der Waals surface area (Å²) in [5.74, 6) is -1.56. The molecule has 0 heterocycles. The Bertz CT molecular complexity index is 294. The van der Waals surface area contributed by atoms with Crippen LogP contribution in [0.2, 0.25) is 0 Å². The van der Waals surface area contributed by atoms with E-state index in [0.29, 0.717) is 12.8 Å². The summed E-state index contributed by atoms with van der Waals surface area (Å²) in [7, 11) is 0. The summed E-state index contributed by atoms with van der Waals surface area (Å²) in [5.41, 5.74) is 0. The lowest BCUT2D eigenvalue weighted by Crippen LogP contribution is -2.49. The fourth-order valence-electron chi connectivity index (χ4n) is 2.42. The molecule has 0 aliphatic heterocycles. The number of halogens is 3. The van der Waals surface area contributed by atoms with Gasteiger partial charge in [0, 0.05) is 12.1 Å². The summed E-state index contributed by atoms with van der Waals surface area (Å²) in [5, 5.41) is 5.52. The van der Waals surface area contributed by atoms with Crippen molar-refractivity contribution < 1.29 is 18.0 Å². The van der Waals surface area contributed by atoms with Crippen LogP contribution < -0.4 is 10.6 Å². The Hall–Kier alpha value is -0.780. The van der Waals surface area contributed by atoms with E-state index >= 15 is 0 Å². The van der Waals surface area contributed by atoms with Crippen molar-refractivity contribution in [2.45, 2.75) is 64.2 Å². The van der Waals surface area contributed by atoms with E-state index in [1.165, 1.54) is 0 Å². The highest BCUT2D eigenvalue weighted by Crippen LogP contribution is 2.37. The molecule has 0 bridgehead atoms. The SMILES string of the molecule is CCC(C)NC(=O)CNC1CCCCC1C(F)(F)F. The maximum atomic E-state index is 12.8. The van der Waals surface area contributed by atoms with Crippen LogP contribution in [0.15, 0.2) is 0 Å². The molecule has 1 aliphatic rings. The highest BCUT2D eigenvalue weighted by Gasteiger charge is 2.45. The van der Waals surface area contributed by atoms with Gasteiger partial charge in [-0.05, 0) is 26.2 Å². The largest absolute Gasteiger partial charge is 0.393 e. The van der Waals surface area contributed by atoms with Crippen molar-refractivity contribution in [2.75, 3.05) is 6.54 Å². The summed E-state index contributed by atoms with van der Waals surface area (Å²) in [6, 6.07) is -0.574. The molecule has 1 rings (SSSR count). The first-order valence-electron chi connectivity index (χ1n) is 6.94. The lowest BCUT2D eigenvalue weighted by Gasteiger charge is -2.33. The number of hydrogen-bond donors (Lipinski definition) is 2. The number of rotatable bonds is 5. The van der Waals surface area contributed by atoms with Crippen LogP contribution in [0.4, 0.5) is 13.2 Å². The maximum Gasteiger partial charge on any atom is 0.393 e. The third-order valence-corrected chi connectivity index (χ3v) is 3.73. The molecular weight excluding hydrogens is 257 g/mol. The Morgan fingerprint density at radius 2 is 1.95 bits per heavy atom. The van der Waals surface area contributed by atoms with Crippen molar-refractivity contribution in [3.05, 3.63) is 0 Å². The minimum Gasteiger partial charge on any atom is -0.353 e. The molecule has 0 aromatic rings. The molecule has 1 aliphatic carbocycles. The molecule has 1 amide bonds. The summed E-state index contributed by atoms with van der Waals surface area (Å²) in [6.45, 7) is 3.78. The van der Waals surface area contributed by atoms with E-state index in [4.69, 9.17) is 0 Å². The van der Waals surface area contributed by atoms with E-state index in [1.807, 2.05) is 13.8 Å². The molecule has 3 nitrogen and oxygen atoms in total. The predicted molar refractivity (Wildman–Crippen MR) is 67.7 cm³/mol. The minimum atomic E-state index is -4.18. The quantitative estimate of drug-likeness (QED) is 0.813. The number of nitrogens with one attached hydrogen (secondary N) is 2. The van der Waals surface area contributed by atoms with Crippen LogP contribution in [0.5, 0.6) is 0 Å². The average molecular weight is 280 g/mol. The van der Waals surface area contributed by atoms with Crippen molar-refractivity contribution in [3.8, 4) is 0 Å². The van der Waals surface area contributed by atoms with Gasteiger partial charge in [0.1, 0.15) is 0 Å².